The molecule has 0 aliphatic rings. The van der Waals surface area contributed by atoms with Crippen LogP contribution in [0.25, 0.3) is 17.2 Å². The zero-order valence-electron chi connectivity index (χ0n) is 16.1. The number of aryl methyl sites for hydroxylation is 3. The minimum absolute atomic E-state index is 0.606. The Bertz CT molecular complexity index is 1110. The molecule has 0 bridgehead atoms. The summed E-state index contributed by atoms with van der Waals surface area (Å²) in [6, 6.07) is 16.4. The Kier molecular flexibility index (Phi) is 4.36. The molecule has 0 atom stereocenters. The van der Waals surface area contributed by atoms with Gasteiger partial charge in [0, 0.05) is 22.5 Å². The van der Waals surface area contributed by atoms with Crippen molar-refractivity contribution in [3.05, 3.63) is 70.9 Å². The van der Waals surface area contributed by atoms with E-state index in [1.54, 1.807) is 0 Å². The average Bonchev–Trinajstić information content (AvgIpc) is 3.09. The molecule has 0 fully saturated rings. The van der Waals surface area contributed by atoms with Gasteiger partial charge in [0.1, 0.15) is 5.82 Å². The predicted molar refractivity (Wildman–Crippen MR) is 110 cm³/mol. The minimum atomic E-state index is 0.606. The van der Waals surface area contributed by atoms with Gasteiger partial charge in [-0.3, -0.25) is 0 Å². The van der Waals surface area contributed by atoms with Crippen LogP contribution in [0.1, 0.15) is 29.3 Å². The van der Waals surface area contributed by atoms with Gasteiger partial charge in [-0.1, -0.05) is 43.3 Å². The van der Waals surface area contributed by atoms with Gasteiger partial charge >= 0.3 is 0 Å². The summed E-state index contributed by atoms with van der Waals surface area (Å²) in [4.78, 5) is 9.33. The van der Waals surface area contributed by atoms with Gasteiger partial charge in [-0.25, -0.2) is 4.98 Å². The molecule has 0 spiro atoms. The molecule has 2 aromatic carbocycles. The maximum absolute atomic E-state index is 4.75. The van der Waals surface area contributed by atoms with E-state index in [4.69, 9.17) is 5.10 Å². The topological polar surface area (TPSA) is 55.1 Å². The van der Waals surface area contributed by atoms with Crippen LogP contribution in [0.2, 0.25) is 0 Å². The third kappa shape index (κ3) is 3.16. The molecular formula is C22H23N5. The third-order valence-corrected chi connectivity index (χ3v) is 4.95. The van der Waals surface area contributed by atoms with E-state index in [1.807, 2.05) is 41.8 Å². The lowest BCUT2D eigenvalue weighted by Gasteiger charge is -2.15. The van der Waals surface area contributed by atoms with Gasteiger partial charge in [0.15, 0.2) is 5.82 Å². The maximum Gasteiger partial charge on any atom is 0.254 e. The van der Waals surface area contributed by atoms with E-state index in [9.17, 15) is 0 Å². The van der Waals surface area contributed by atoms with Gasteiger partial charge in [0.25, 0.3) is 5.78 Å². The van der Waals surface area contributed by atoms with Crippen molar-refractivity contribution in [3.63, 3.8) is 0 Å². The zero-order chi connectivity index (χ0) is 19.0. The molecule has 5 heteroatoms. The van der Waals surface area contributed by atoms with E-state index in [0.29, 0.717) is 11.6 Å². The number of rotatable bonds is 4. The molecule has 0 radical (unpaired) electrons. The van der Waals surface area contributed by atoms with Crippen molar-refractivity contribution in [2.45, 2.75) is 34.1 Å². The summed E-state index contributed by atoms with van der Waals surface area (Å²) >= 11 is 0. The molecule has 0 saturated heterocycles. The van der Waals surface area contributed by atoms with Crippen molar-refractivity contribution < 1.29 is 0 Å². The molecule has 2 aromatic heterocycles. The number of hydrogen-bond acceptors (Lipinski definition) is 4. The molecule has 4 rings (SSSR count). The minimum Gasteiger partial charge on any atom is -0.340 e. The van der Waals surface area contributed by atoms with Crippen molar-refractivity contribution in [2.75, 3.05) is 5.32 Å². The van der Waals surface area contributed by atoms with E-state index < -0.39 is 0 Å². The molecule has 0 aliphatic carbocycles. The standard InChI is InChI=1S/C22H23N5/c1-5-19-16(4)23-22-25-20(17-9-7-6-8-10-17)26-27(22)21(19)24-18-12-11-14(2)15(3)13-18/h6-13,24H,5H2,1-4H3. The monoisotopic (exact) mass is 357 g/mol. The highest BCUT2D eigenvalue weighted by atomic mass is 15.4. The second-order valence-corrected chi connectivity index (χ2v) is 6.82. The first-order valence-corrected chi connectivity index (χ1v) is 9.22. The first kappa shape index (κ1) is 17.2. The summed E-state index contributed by atoms with van der Waals surface area (Å²) in [7, 11) is 0. The average molecular weight is 357 g/mol. The molecule has 4 aromatic rings. The highest BCUT2D eigenvalue weighted by Gasteiger charge is 2.16. The summed E-state index contributed by atoms with van der Waals surface area (Å²) in [6.45, 7) is 8.41. The highest BCUT2D eigenvalue weighted by Crippen LogP contribution is 2.27. The number of hydrogen-bond donors (Lipinski definition) is 1. The molecule has 0 unspecified atom stereocenters. The van der Waals surface area contributed by atoms with E-state index >= 15 is 0 Å². The number of benzene rings is 2. The summed E-state index contributed by atoms with van der Waals surface area (Å²) in [6.07, 6.45) is 0.864. The third-order valence-electron chi connectivity index (χ3n) is 4.95. The Labute approximate surface area is 159 Å². The normalized spacial score (nSPS) is 11.1. The predicted octanol–water partition coefficient (Wildman–Crippen LogP) is 5.02. The second-order valence-electron chi connectivity index (χ2n) is 6.82. The van der Waals surface area contributed by atoms with Crippen LogP contribution in [-0.2, 0) is 6.42 Å². The van der Waals surface area contributed by atoms with E-state index in [1.165, 1.54) is 11.1 Å². The van der Waals surface area contributed by atoms with Gasteiger partial charge in [-0.2, -0.15) is 9.50 Å². The number of fused-ring (bicyclic) bond motifs is 1. The summed E-state index contributed by atoms with van der Waals surface area (Å²) < 4.78 is 1.82. The van der Waals surface area contributed by atoms with Gasteiger partial charge in [-0.05, 0) is 50.5 Å². The lowest BCUT2D eigenvalue weighted by molar-refractivity contribution is 0.905. The van der Waals surface area contributed by atoms with Crippen molar-refractivity contribution >= 4 is 17.3 Å². The summed E-state index contributed by atoms with van der Waals surface area (Å²) in [5, 5.41) is 8.31. The van der Waals surface area contributed by atoms with E-state index in [-0.39, 0.29) is 0 Å². The fourth-order valence-corrected chi connectivity index (χ4v) is 3.26. The second kappa shape index (κ2) is 6.83. The Morgan fingerprint density at radius 3 is 2.41 bits per heavy atom. The molecule has 0 saturated carbocycles. The first-order chi connectivity index (χ1) is 13.1. The Morgan fingerprint density at radius 2 is 1.70 bits per heavy atom. The van der Waals surface area contributed by atoms with Crippen LogP contribution in [-0.4, -0.2) is 19.6 Å². The van der Waals surface area contributed by atoms with Crippen LogP contribution < -0.4 is 5.32 Å². The Hall–Kier alpha value is -3.21. The Morgan fingerprint density at radius 1 is 0.926 bits per heavy atom. The molecule has 0 aliphatic heterocycles. The Balaban J connectivity index is 1.88. The van der Waals surface area contributed by atoms with Crippen molar-refractivity contribution in [1.29, 1.82) is 0 Å². The van der Waals surface area contributed by atoms with E-state index in [2.05, 4.69) is 54.3 Å². The number of nitrogens with zero attached hydrogens (tertiary/aromatic N) is 4. The summed E-state index contributed by atoms with van der Waals surface area (Å²) in [5.41, 5.74) is 6.67. The number of anilines is 2. The molecule has 2 heterocycles. The van der Waals surface area contributed by atoms with Gasteiger partial charge in [0.05, 0.1) is 0 Å². The van der Waals surface area contributed by atoms with Crippen LogP contribution in [0.4, 0.5) is 11.5 Å². The van der Waals surface area contributed by atoms with Crippen LogP contribution in [0.3, 0.4) is 0 Å². The van der Waals surface area contributed by atoms with Crippen LogP contribution >= 0.6 is 0 Å². The number of nitrogens with one attached hydrogen (secondary N) is 1. The van der Waals surface area contributed by atoms with Gasteiger partial charge < -0.3 is 5.32 Å². The quantitative estimate of drug-likeness (QED) is 0.557. The zero-order valence-corrected chi connectivity index (χ0v) is 16.1. The van der Waals surface area contributed by atoms with Crippen molar-refractivity contribution in [2.24, 2.45) is 0 Å². The maximum atomic E-state index is 4.75. The van der Waals surface area contributed by atoms with Crippen LogP contribution in [0.15, 0.2) is 48.5 Å². The van der Waals surface area contributed by atoms with Crippen LogP contribution in [0.5, 0.6) is 0 Å². The molecule has 1 N–H and O–H groups in total. The SMILES string of the molecule is CCc1c(C)nc2nc(-c3ccccc3)nn2c1Nc1ccc(C)c(C)c1. The van der Waals surface area contributed by atoms with Crippen molar-refractivity contribution in [1.82, 2.24) is 19.6 Å². The van der Waals surface area contributed by atoms with E-state index in [0.717, 1.165) is 34.7 Å². The first-order valence-electron chi connectivity index (χ1n) is 9.22. The number of aromatic nitrogens is 4. The van der Waals surface area contributed by atoms with Crippen LogP contribution in [0, 0.1) is 20.8 Å². The van der Waals surface area contributed by atoms with Crippen molar-refractivity contribution in [3.8, 4) is 11.4 Å². The fourth-order valence-electron chi connectivity index (χ4n) is 3.26. The molecular weight excluding hydrogens is 334 g/mol. The molecule has 0 amide bonds. The molecule has 27 heavy (non-hydrogen) atoms. The smallest absolute Gasteiger partial charge is 0.254 e. The molecule has 136 valence electrons. The van der Waals surface area contributed by atoms with Gasteiger partial charge in [0.2, 0.25) is 0 Å². The summed E-state index contributed by atoms with van der Waals surface area (Å²) in [5.74, 6) is 2.21. The fraction of sp³-hybridized carbons (Fsp3) is 0.227. The van der Waals surface area contributed by atoms with Gasteiger partial charge in [-0.15, -0.1) is 5.10 Å². The lowest BCUT2D eigenvalue weighted by Crippen LogP contribution is -2.08. The largest absolute Gasteiger partial charge is 0.340 e. The highest BCUT2D eigenvalue weighted by molar-refractivity contribution is 5.66. The molecule has 5 nitrogen and oxygen atoms in total. The lowest BCUT2D eigenvalue weighted by atomic mass is 10.1.